The number of Topliss-reactive ketones (excluding diaryl/α,β-unsaturated/α-hetero) is 1. The molecular weight excluding hydrogens is 296 g/mol. The van der Waals surface area contributed by atoms with Crippen molar-refractivity contribution in [1.29, 1.82) is 0 Å². The number of allylic oxidation sites excluding steroid dienone is 1. The molecule has 0 spiro atoms. The fraction of sp³-hybridized carbons (Fsp3) is 0.111. The Bertz CT molecular complexity index is 854. The number of ketones is 2. The number of rotatable bonds is 3. The summed E-state index contributed by atoms with van der Waals surface area (Å²) < 4.78 is 11.0. The van der Waals surface area contributed by atoms with Crippen LogP contribution >= 0.6 is 0 Å². The molecule has 2 aliphatic rings. The number of hydrogen-bond donors (Lipinski definition) is 1. The molecule has 5 heteroatoms. The lowest BCUT2D eigenvalue weighted by Gasteiger charge is -2.16. The third kappa shape index (κ3) is 2.05. The minimum Gasteiger partial charge on any atom is -0.507 e. The largest absolute Gasteiger partial charge is 0.507 e. The van der Waals surface area contributed by atoms with Crippen molar-refractivity contribution in [2.45, 2.75) is 11.9 Å². The number of phenolic OH excluding ortho intramolecular Hbond substituents is 1. The monoisotopic (exact) mass is 308 g/mol. The molecule has 0 bridgehead atoms. The smallest absolute Gasteiger partial charge is 0.242 e. The summed E-state index contributed by atoms with van der Waals surface area (Å²) in [6.45, 7) is 0. The summed E-state index contributed by atoms with van der Waals surface area (Å²) in [6, 6.07) is 13.1. The highest BCUT2D eigenvalue weighted by Crippen LogP contribution is 2.47. The minimum atomic E-state index is -1.24. The van der Waals surface area contributed by atoms with Gasteiger partial charge in [0, 0.05) is 0 Å². The lowest BCUT2D eigenvalue weighted by molar-refractivity contribution is 0.0901. The first-order valence-corrected chi connectivity index (χ1v) is 7.12. The Balaban J connectivity index is 1.62. The molecule has 2 heterocycles. The number of aromatic hydroxyl groups is 1. The number of carbonyl (C=O) groups excluding carboxylic acids is 2. The van der Waals surface area contributed by atoms with Crippen molar-refractivity contribution < 1.29 is 24.2 Å². The van der Waals surface area contributed by atoms with Crippen molar-refractivity contribution in [3.63, 3.8) is 0 Å². The molecule has 114 valence electrons. The average Bonchev–Trinajstić information content (AvgIpc) is 3.28. The number of para-hydroxylation sites is 2. The third-order valence-electron chi connectivity index (χ3n) is 3.97. The molecule has 0 amide bonds. The molecule has 2 atom stereocenters. The molecule has 4 rings (SSSR count). The first-order valence-electron chi connectivity index (χ1n) is 7.12. The Kier molecular flexibility index (Phi) is 2.86. The van der Waals surface area contributed by atoms with Crippen LogP contribution in [0.1, 0.15) is 20.7 Å². The van der Waals surface area contributed by atoms with E-state index in [9.17, 15) is 14.7 Å². The van der Waals surface area contributed by atoms with Gasteiger partial charge in [0.25, 0.3) is 0 Å². The van der Waals surface area contributed by atoms with Crippen LogP contribution in [0.3, 0.4) is 0 Å². The van der Waals surface area contributed by atoms with E-state index in [-0.39, 0.29) is 17.1 Å². The maximum atomic E-state index is 12.6. The standard InChI is InChI=1S/C18H12O5/c19-13-7-3-1-5-11(13)14(20)9-10-18-16(21)12-6-2-4-8-15(12)22-17(18)23-18/h1-10,17,19H/b10-9+. The van der Waals surface area contributed by atoms with Crippen molar-refractivity contribution in [2.24, 2.45) is 0 Å². The highest BCUT2D eigenvalue weighted by atomic mass is 16.8. The lowest BCUT2D eigenvalue weighted by Crippen LogP contribution is -2.32. The van der Waals surface area contributed by atoms with Crippen LogP contribution in [0.4, 0.5) is 0 Å². The van der Waals surface area contributed by atoms with Crippen molar-refractivity contribution in [3.8, 4) is 11.5 Å². The fourth-order valence-electron chi connectivity index (χ4n) is 2.66. The molecule has 2 unspecified atom stereocenters. The van der Waals surface area contributed by atoms with Gasteiger partial charge in [0.15, 0.2) is 5.78 Å². The second-order valence-electron chi connectivity index (χ2n) is 5.40. The topological polar surface area (TPSA) is 76.1 Å². The maximum absolute atomic E-state index is 12.6. The third-order valence-corrected chi connectivity index (χ3v) is 3.97. The first kappa shape index (κ1) is 13.7. The van der Waals surface area contributed by atoms with Crippen LogP contribution in [0, 0.1) is 0 Å². The van der Waals surface area contributed by atoms with Crippen LogP contribution < -0.4 is 4.74 Å². The quantitative estimate of drug-likeness (QED) is 0.535. The van der Waals surface area contributed by atoms with E-state index in [0.29, 0.717) is 11.3 Å². The van der Waals surface area contributed by atoms with Gasteiger partial charge in [-0.15, -0.1) is 0 Å². The Hall–Kier alpha value is -2.92. The first-order chi connectivity index (χ1) is 11.1. The summed E-state index contributed by atoms with van der Waals surface area (Å²) in [5.41, 5.74) is -0.642. The van der Waals surface area contributed by atoms with E-state index in [0.717, 1.165) is 0 Å². The zero-order valence-electron chi connectivity index (χ0n) is 11.9. The Morgan fingerprint density at radius 1 is 1.13 bits per heavy atom. The van der Waals surface area contributed by atoms with Crippen molar-refractivity contribution >= 4 is 11.6 Å². The molecule has 0 saturated carbocycles. The molecule has 0 aromatic heterocycles. The summed E-state index contributed by atoms with van der Waals surface area (Å²) >= 11 is 0. The number of hydrogen-bond acceptors (Lipinski definition) is 5. The van der Waals surface area contributed by atoms with Gasteiger partial charge in [-0.1, -0.05) is 24.3 Å². The van der Waals surface area contributed by atoms with Gasteiger partial charge < -0.3 is 14.6 Å². The molecule has 0 aliphatic carbocycles. The van der Waals surface area contributed by atoms with Crippen molar-refractivity contribution in [1.82, 2.24) is 0 Å². The van der Waals surface area contributed by atoms with Crippen molar-refractivity contribution in [2.75, 3.05) is 0 Å². The van der Waals surface area contributed by atoms with Gasteiger partial charge >= 0.3 is 0 Å². The van der Waals surface area contributed by atoms with E-state index in [4.69, 9.17) is 9.47 Å². The summed E-state index contributed by atoms with van der Waals surface area (Å²) in [4.78, 5) is 24.7. The van der Waals surface area contributed by atoms with Crippen LogP contribution in [0.25, 0.3) is 0 Å². The molecule has 2 aliphatic heterocycles. The van der Waals surface area contributed by atoms with Gasteiger partial charge in [-0.2, -0.15) is 0 Å². The summed E-state index contributed by atoms with van der Waals surface area (Å²) in [5.74, 6) is -0.260. The van der Waals surface area contributed by atoms with Crippen LogP contribution in [-0.2, 0) is 4.74 Å². The van der Waals surface area contributed by atoms with E-state index in [1.54, 1.807) is 36.4 Å². The van der Waals surface area contributed by atoms with E-state index in [1.165, 1.54) is 24.3 Å². The second-order valence-corrected chi connectivity index (χ2v) is 5.40. The predicted octanol–water partition coefficient (Wildman–Crippen LogP) is 2.50. The van der Waals surface area contributed by atoms with Crippen LogP contribution in [0.15, 0.2) is 60.7 Å². The second kappa shape index (κ2) is 4.79. The summed E-state index contributed by atoms with van der Waals surface area (Å²) in [7, 11) is 0. The van der Waals surface area contributed by atoms with Crippen LogP contribution in [-0.4, -0.2) is 28.6 Å². The van der Waals surface area contributed by atoms with Crippen molar-refractivity contribution in [3.05, 3.63) is 71.8 Å². The van der Waals surface area contributed by atoms with Crippen LogP contribution in [0.5, 0.6) is 11.5 Å². The van der Waals surface area contributed by atoms with E-state index < -0.39 is 17.7 Å². The SMILES string of the molecule is O=C(/C=C/C12OC1Oc1ccccc1C2=O)c1ccccc1O. The Morgan fingerprint density at radius 2 is 1.87 bits per heavy atom. The Labute approximate surface area is 131 Å². The van der Waals surface area contributed by atoms with E-state index >= 15 is 0 Å². The van der Waals surface area contributed by atoms with Gasteiger partial charge in [0.1, 0.15) is 11.5 Å². The number of carbonyl (C=O) groups is 2. The van der Waals surface area contributed by atoms with Gasteiger partial charge in [-0.3, -0.25) is 9.59 Å². The minimum absolute atomic E-state index is 0.107. The van der Waals surface area contributed by atoms with Gasteiger partial charge in [-0.25, -0.2) is 0 Å². The lowest BCUT2D eigenvalue weighted by atomic mass is 9.93. The highest BCUT2D eigenvalue weighted by Gasteiger charge is 2.66. The van der Waals surface area contributed by atoms with E-state index in [2.05, 4.69) is 0 Å². The summed E-state index contributed by atoms with van der Waals surface area (Å²) in [6.07, 6.45) is 1.94. The molecule has 5 nitrogen and oxygen atoms in total. The summed E-state index contributed by atoms with van der Waals surface area (Å²) in [5, 5.41) is 9.70. The molecule has 0 radical (unpaired) electrons. The molecule has 23 heavy (non-hydrogen) atoms. The Morgan fingerprint density at radius 3 is 2.70 bits per heavy atom. The van der Waals surface area contributed by atoms with Gasteiger partial charge in [0.2, 0.25) is 17.7 Å². The molecule has 2 aromatic rings. The zero-order valence-corrected chi connectivity index (χ0v) is 11.9. The number of phenols is 1. The number of epoxide rings is 1. The zero-order chi connectivity index (χ0) is 16.0. The normalized spacial score (nSPS) is 24.7. The van der Waals surface area contributed by atoms with E-state index in [1.807, 2.05) is 0 Å². The number of benzene rings is 2. The fourth-order valence-corrected chi connectivity index (χ4v) is 2.66. The molecule has 2 aromatic carbocycles. The van der Waals surface area contributed by atoms with Gasteiger partial charge in [-0.05, 0) is 36.4 Å². The number of fused-ring (bicyclic) bond motifs is 2. The maximum Gasteiger partial charge on any atom is 0.242 e. The highest BCUT2D eigenvalue weighted by molar-refractivity contribution is 6.11. The molecule has 1 fully saturated rings. The molecule has 1 saturated heterocycles. The predicted molar refractivity (Wildman–Crippen MR) is 80.6 cm³/mol. The van der Waals surface area contributed by atoms with Gasteiger partial charge in [0.05, 0.1) is 11.1 Å². The number of ether oxygens (including phenoxy) is 2. The average molecular weight is 308 g/mol. The molecular formula is C18H12O5. The van der Waals surface area contributed by atoms with Crippen LogP contribution in [0.2, 0.25) is 0 Å². The molecule has 1 N–H and O–H groups in total.